The highest BCUT2D eigenvalue weighted by molar-refractivity contribution is 7.18. The lowest BCUT2D eigenvalue weighted by Crippen LogP contribution is -2.16. The first-order chi connectivity index (χ1) is 15.8. The number of esters is 1. The van der Waals surface area contributed by atoms with Crippen LogP contribution in [0.3, 0.4) is 0 Å². The van der Waals surface area contributed by atoms with Gasteiger partial charge >= 0.3 is 5.97 Å². The van der Waals surface area contributed by atoms with Crippen molar-refractivity contribution in [2.75, 3.05) is 11.9 Å². The molecule has 3 N–H and O–H groups in total. The molecule has 8 nitrogen and oxygen atoms in total. The van der Waals surface area contributed by atoms with Crippen molar-refractivity contribution in [1.29, 1.82) is 0 Å². The average Bonchev–Trinajstić information content (AvgIpc) is 3.36. The van der Waals surface area contributed by atoms with Crippen LogP contribution in [0.25, 0.3) is 22.4 Å². The van der Waals surface area contributed by atoms with Gasteiger partial charge in [-0.1, -0.05) is 18.2 Å². The lowest BCUT2D eigenvalue weighted by molar-refractivity contribution is 0.0527. The van der Waals surface area contributed by atoms with E-state index >= 15 is 0 Å². The first-order valence-corrected chi connectivity index (χ1v) is 11.0. The maximum atomic E-state index is 13.4. The number of pyridine rings is 1. The summed E-state index contributed by atoms with van der Waals surface area (Å²) in [5.74, 6) is -0.546. The molecule has 0 aliphatic rings. The van der Waals surface area contributed by atoms with Crippen molar-refractivity contribution in [3.63, 3.8) is 0 Å². The molecule has 0 radical (unpaired) electrons. The number of para-hydroxylation sites is 1. The molecular formula is C24H21N3O5S. The number of nitrogens with one attached hydrogen (secondary N) is 1. The van der Waals surface area contributed by atoms with Gasteiger partial charge in [0.15, 0.2) is 5.76 Å². The van der Waals surface area contributed by atoms with Gasteiger partial charge in [0.05, 0.1) is 28.1 Å². The molecule has 1 aromatic carbocycles. The number of aryl methyl sites for hydroxylation is 1. The van der Waals surface area contributed by atoms with Crippen molar-refractivity contribution in [3.05, 3.63) is 69.8 Å². The van der Waals surface area contributed by atoms with Crippen LogP contribution in [0.4, 0.5) is 5.00 Å². The number of aromatic nitrogens is 1. The van der Waals surface area contributed by atoms with Crippen molar-refractivity contribution in [2.24, 2.45) is 5.73 Å². The molecular weight excluding hydrogens is 442 g/mol. The van der Waals surface area contributed by atoms with Crippen LogP contribution in [0.1, 0.15) is 48.6 Å². The molecule has 4 rings (SSSR count). The Kier molecular flexibility index (Phi) is 5.97. The van der Waals surface area contributed by atoms with Crippen molar-refractivity contribution >= 4 is 45.0 Å². The zero-order valence-electron chi connectivity index (χ0n) is 18.2. The van der Waals surface area contributed by atoms with Crippen molar-refractivity contribution in [1.82, 2.24) is 4.98 Å². The maximum absolute atomic E-state index is 13.4. The summed E-state index contributed by atoms with van der Waals surface area (Å²) in [6, 6.07) is 12.5. The van der Waals surface area contributed by atoms with Gasteiger partial charge in [-0.3, -0.25) is 9.59 Å². The van der Waals surface area contributed by atoms with E-state index in [9.17, 15) is 14.4 Å². The lowest BCUT2D eigenvalue weighted by atomic mass is 10.1. The number of nitrogens with two attached hydrogens (primary N) is 1. The van der Waals surface area contributed by atoms with Crippen LogP contribution in [0.5, 0.6) is 0 Å². The summed E-state index contributed by atoms with van der Waals surface area (Å²) < 4.78 is 10.8. The number of fused-ring (bicyclic) bond motifs is 1. The number of carbonyl (C=O) groups is 3. The summed E-state index contributed by atoms with van der Waals surface area (Å²) in [6.45, 7) is 5.24. The van der Waals surface area contributed by atoms with E-state index in [0.717, 1.165) is 17.1 Å². The number of benzene rings is 1. The number of furan rings is 1. The minimum Gasteiger partial charge on any atom is -0.462 e. The van der Waals surface area contributed by atoms with Crippen LogP contribution < -0.4 is 11.1 Å². The van der Waals surface area contributed by atoms with E-state index in [2.05, 4.69) is 10.3 Å². The molecule has 3 heterocycles. The zero-order valence-corrected chi connectivity index (χ0v) is 19.0. The Morgan fingerprint density at radius 1 is 1.15 bits per heavy atom. The van der Waals surface area contributed by atoms with Gasteiger partial charge in [-0.05, 0) is 50.6 Å². The number of nitrogens with zero attached hydrogens (tertiary/aromatic N) is 1. The zero-order chi connectivity index (χ0) is 23.7. The second-order valence-electron chi connectivity index (χ2n) is 7.28. The fourth-order valence-corrected chi connectivity index (χ4v) is 4.56. The molecule has 0 bridgehead atoms. The summed E-state index contributed by atoms with van der Waals surface area (Å²) in [5.41, 5.74) is 7.39. The molecule has 9 heteroatoms. The predicted molar refractivity (Wildman–Crippen MR) is 126 cm³/mol. The second kappa shape index (κ2) is 8.87. The van der Waals surface area contributed by atoms with E-state index in [1.54, 1.807) is 38.1 Å². The highest BCUT2D eigenvalue weighted by Gasteiger charge is 2.26. The van der Waals surface area contributed by atoms with Crippen molar-refractivity contribution < 1.29 is 23.5 Å². The maximum Gasteiger partial charge on any atom is 0.341 e. The Bertz CT molecular complexity index is 1400. The Balaban J connectivity index is 1.81. The van der Waals surface area contributed by atoms with Crippen LogP contribution >= 0.6 is 11.3 Å². The van der Waals surface area contributed by atoms with Crippen LogP contribution in [0.2, 0.25) is 0 Å². The lowest BCUT2D eigenvalue weighted by Gasteiger charge is -2.10. The number of hydrogen-bond donors (Lipinski definition) is 2. The molecule has 0 spiro atoms. The molecule has 0 fully saturated rings. The predicted octanol–water partition coefficient (Wildman–Crippen LogP) is 4.70. The van der Waals surface area contributed by atoms with Gasteiger partial charge in [0.1, 0.15) is 16.5 Å². The van der Waals surface area contributed by atoms with Gasteiger partial charge in [0, 0.05) is 5.39 Å². The van der Waals surface area contributed by atoms with Crippen LogP contribution in [0, 0.1) is 13.8 Å². The van der Waals surface area contributed by atoms with Gasteiger partial charge in [0.25, 0.3) is 11.8 Å². The number of amides is 2. The van der Waals surface area contributed by atoms with E-state index in [0.29, 0.717) is 33.5 Å². The summed E-state index contributed by atoms with van der Waals surface area (Å²) in [6.07, 6.45) is 0. The van der Waals surface area contributed by atoms with Crippen LogP contribution in [0.15, 0.2) is 46.9 Å². The molecule has 0 saturated heterocycles. The standard InChI is InChI=1S/C24H21N3O5S/c1-4-31-24(30)19-13(3)20(21(25)28)33-23(19)27-22(29)15-11-17(18-10-9-12(2)32-18)26-16-8-6-5-7-14(15)16/h5-11H,4H2,1-3H3,(H2,25,28)(H,27,29). The molecule has 4 aromatic rings. The Morgan fingerprint density at radius 3 is 2.58 bits per heavy atom. The molecule has 0 saturated carbocycles. The number of primary amides is 1. The topological polar surface area (TPSA) is 125 Å². The highest BCUT2D eigenvalue weighted by atomic mass is 32.1. The molecule has 2 amide bonds. The van der Waals surface area contributed by atoms with Crippen molar-refractivity contribution in [2.45, 2.75) is 20.8 Å². The van der Waals surface area contributed by atoms with Crippen molar-refractivity contribution in [3.8, 4) is 11.5 Å². The minimum atomic E-state index is -0.687. The second-order valence-corrected chi connectivity index (χ2v) is 8.30. The van der Waals surface area contributed by atoms with Gasteiger partial charge in [0.2, 0.25) is 0 Å². The third kappa shape index (κ3) is 4.22. The third-order valence-electron chi connectivity index (χ3n) is 5.03. The number of hydrogen-bond acceptors (Lipinski definition) is 7. The fraction of sp³-hybridized carbons (Fsp3) is 0.167. The molecule has 168 valence electrons. The van der Waals surface area contributed by atoms with E-state index in [-0.39, 0.29) is 22.0 Å². The third-order valence-corrected chi connectivity index (χ3v) is 6.25. The smallest absolute Gasteiger partial charge is 0.341 e. The molecule has 0 aliphatic heterocycles. The number of anilines is 1. The fourth-order valence-electron chi connectivity index (χ4n) is 3.52. The van der Waals surface area contributed by atoms with E-state index in [1.165, 1.54) is 0 Å². The largest absolute Gasteiger partial charge is 0.462 e. The quantitative estimate of drug-likeness (QED) is 0.399. The normalized spacial score (nSPS) is 10.9. The highest BCUT2D eigenvalue weighted by Crippen LogP contribution is 2.34. The Morgan fingerprint density at radius 2 is 1.91 bits per heavy atom. The summed E-state index contributed by atoms with van der Waals surface area (Å²) >= 11 is 0.939. The summed E-state index contributed by atoms with van der Waals surface area (Å²) in [7, 11) is 0. The van der Waals surface area contributed by atoms with E-state index in [4.69, 9.17) is 14.9 Å². The first kappa shape index (κ1) is 22.2. The molecule has 3 aromatic heterocycles. The van der Waals surface area contributed by atoms with Crippen LogP contribution in [-0.2, 0) is 4.74 Å². The molecule has 0 aliphatic carbocycles. The molecule has 33 heavy (non-hydrogen) atoms. The van der Waals surface area contributed by atoms with E-state index < -0.39 is 17.8 Å². The Hall–Kier alpha value is -3.98. The SMILES string of the molecule is CCOC(=O)c1c(NC(=O)c2cc(-c3ccc(C)o3)nc3ccccc23)sc(C(N)=O)c1C. The number of thiophene rings is 1. The van der Waals surface area contributed by atoms with Gasteiger partial charge in [-0.25, -0.2) is 9.78 Å². The first-order valence-electron chi connectivity index (χ1n) is 10.2. The molecule has 0 atom stereocenters. The monoisotopic (exact) mass is 463 g/mol. The summed E-state index contributed by atoms with van der Waals surface area (Å²) in [4.78, 5) is 42.6. The summed E-state index contributed by atoms with van der Waals surface area (Å²) in [5, 5.41) is 3.59. The van der Waals surface area contributed by atoms with Gasteiger partial charge < -0.3 is 20.2 Å². The number of rotatable bonds is 6. The Labute approximate surface area is 193 Å². The number of carbonyl (C=O) groups excluding carboxylic acids is 3. The van der Waals surface area contributed by atoms with Crippen LogP contribution in [-0.4, -0.2) is 29.4 Å². The number of ether oxygens (including phenoxy) is 1. The average molecular weight is 464 g/mol. The minimum absolute atomic E-state index is 0.115. The molecule has 0 unspecified atom stereocenters. The van der Waals surface area contributed by atoms with Gasteiger partial charge in [-0.2, -0.15) is 0 Å². The van der Waals surface area contributed by atoms with E-state index in [1.807, 2.05) is 25.1 Å². The van der Waals surface area contributed by atoms with Gasteiger partial charge in [-0.15, -0.1) is 11.3 Å².